The van der Waals surface area contributed by atoms with E-state index in [4.69, 9.17) is 4.74 Å². The Morgan fingerprint density at radius 3 is 2.26 bits per heavy atom. The van der Waals surface area contributed by atoms with E-state index in [1.807, 2.05) is 18.2 Å². The Kier molecular flexibility index (Phi) is 3.85. The first-order valence-electron chi connectivity index (χ1n) is 7.18. The topological polar surface area (TPSA) is 60.2 Å². The van der Waals surface area contributed by atoms with Gasteiger partial charge in [0, 0.05) is 4.91 Å². The first kappa shape index (κ1) is 14.8. The molecule has 5 heteroatoms. The molecule has 0 saturated carbocycles. The molecule has 0 aliphatic carbocycles. The minimum absolute atomic E-state index is 0.317. The zero-order valence-corrected chi connectivity index (χ0v) is 12.9. The number of ether oxygens (including phenoxy) is 1. The van der Waals surface area contributed by atoms with Crippen LogP contribution in [0, 0.1) is 17.0 Å². The largest absolute Gasteiger partial charge is 0.805 e. The van der Waals surface area contributed by atoms with Crippen molar-refractivity contribution in [3.8, 4) is 28.3 Å². The summed E-state index contributed by atoms with van der Waals surface area (Å²) in [6, 6.07) is 16.2. The first-order valence-corrected chi connectivity index (χ1v) is 7.18. The molecule has 0 N–H and O–H groups in total. The molecule has 116 valence electrons. The van der Waals surface area contributed by atoms with Gasteiger partial charge in [0.15, 0.2) is 0 Å². The Balaban J connectivity index is 2.24. The van der Waals surface area contributed by atoms with Crippen LogP contribution >= 0.6 is 0 Å². The van der Waals surface area contributed by atoms with Crippen molar-refractivity contribution >= 4 is 0 Å². The quantitative estimate of drug-likeness (QED) is 0.697. The van der Waals surface area contributed by atoms with E-state index in [0.717, 1.165) is 9.16 Å². The second-order valence-corrected chi connectivity index (χ2v) is 5.16. The van der Waals surface area contributed by atoms with Gasteiger partial charge in [-0.05, 0) is 43.3 Å². The molecule has 0 aliphatic rings. The minimum Gasteiger partial charge on any atom is -0.805 e. The van der Waals surface area contributed by atoms with Crippen molar-refractivity contribution in [3.05, 3.63) is 76.6 Å². The summed E-state index contributed by atoms with van der Waals surface area (Å²) >= 11 is 0. The Labute approximate surface area is 133 Å². The highest BCUT2D eigenvalue weighted by Crippen LogP contribution is 2.24. The highest BCUT2D eigenvalue weighted by molar-refractivity contribution is 5.63. The van der Waals surface area contributed by atoms with E-state index in [1.165, 1.54) is 6.20 Å². The van der Waals surface area contributed by atoms with E-state index in [0.29, 0.717) is 34.0 Å². The molecular weight excluding hydrogens is 292 g/mol. The summed E-state index contributed by atoms with van der Waals surface area (Å²) < 4.78 is 6.67. The van der Waals surface area contributed by atoms with Gasteiger partial charge in [0.05, 0.1) is 34.6 Å². The van der Waals surface area contributed by atoms with Gasteiger partial charge >= 0.3 is 0 Å². The molecule has 5 nitrogen and oxygen atoms in total. The second-order valence-electron chi connectivity index (χ2n) is 5.16. The third kappa shape index (κ3) is 2.68. The molecule has 0 spiro atoms. The monoisotopic (exact) mass is 308 g/mol. The van der Waals surface area contributed by atoms with Gasteiger partial charge in [-0.25, -0.2) is 0 Å². The van der Waals surface area contributed by atoms with E-state index in [1.54, 1.807) is 50.4 Å². The van der Waals surface area contributed by atoms with Crippen molar-refractivity contribution in [2.24, 2.45) is 0 Å². The lowest BCUT2D eigenvalue weighted by Crippen LogP contribution is -2.25. The maximum atomic E-state index is 12.8. The third-order valence-corrected chi connectivity index (χ3v) is 3.77. The van der Waals surface area contributed by atoms with E-state index in [9.17, 15) is 10.1 Å². The highest BCUT2D eigenvalue weighted by Gasteiger charge is 2.22. The standard InChI is InChI=1S/C18H16N2O3/c1-13-18(15-8-10-16(23-2)11-9-15)20(22)17(12-19(13)21)14-6-4-3-5-7-14/h3-12H,1-2H3. The number of nitrogens with zero attached hydrogens (tertiary/aromatic N) is 2. The fraction of sp³-hybridized carbons (Fsp3) is 0.111. The van der Waals surface area contributed by atoms with Crippen LogP contribution in [0.3, 0.4) is 0 Å². The van der Waals surface area contributed by atoms with Crippen molar-refractivity contribution in [1.82, 2.24) is 4.73 Å². The summed E-state index contributed by atoms with van der Waals surface area (Å²) in [5.74, 6) is 0.693. The predicted octanol–water partition coefficient (Wildman–Crippen LogP) is 3.40. The number of aromatic nitrogens is 2. The number of benzene rings is 2. The maximum absolute atomic E-state index is 12.8. The van der Waals surface area contributed by atoms with Crippen LogP contribution in [0.2, 0.25) is 0 Å². The molecular formula is C18H16N2O3. The van der Waals surface area contributed by atoms with Gasteiger partial charge in [0.1, 0.15) is 5.75 Å². The third-order valence-electron chi connectivity index (χ3n) is 3.77. The van der Waals surface area contributed by atoms with Gasteiger partial charge < -0.3 is 14.7 Å². The molecule has 23 heavy (non-hydrogen) atoms. The molecule has 3 rings (SSSR count). The average Bonchev–Trinajstić information content (AvgIpc) is 2.59. The molecule has 0 aliphatic heterocycles. The van der Waals surface area contributed by atoms with Gasteiger partial charge in [-0.3, -0.25) is 0 Å². The maximum Gasteiger partial charge on any atom is 0.289 e. The lowest BCUT2D eigenvalue weighted by molar-refractivity contribution is -0.470. The zero-order valence-electron chi connectivity index (χ0n) is 12.9. The van der Waals surface area contributed by atoms with Crippen LogP contribution in [0.5, 0.6) is 5.75 Å². The first-order chi connectivity index (χ1) is 11.1. The van der Waals surface area contributed by atoms with E-state index in [2.05, 4.69) is 0 Å². The van der Waals surface area contributed by atoms with E-state index >= 15 is 0 Å². The molecule has 1 aromatic heterocycles. The van der Waals surface area contributed by atoms with E-state index < -0.39 is 0 Å². The Bertz CT molecular complexity index is 885. The number of methoxy groups -OCH3 is 1. The van der Waals surface area contributed by atoms with Crippen molar-refractivity contribution in [2.45, 2.75) is 6.92 Å². The molecule has 0 unspecified atom stereocenters. The minimum atomic E-state index is 0.317. The molecule has 1 heterocycles. The molecule has 0 amide bonds. The van der Waals surface area contributed by atoms with Crippen molar-refractivity contribution < 1.29 is 9.16 Å². The summed E-state index contributed by atoms with van der Waals surface area (Å²) in [7, 11) is 1.58. The van der Waals surface area contributed by atoms with Crippen LogP contribution in [0.1, 0.15) is 5.69 Å². The van der Waals surface area contributed by atoms with Crippen LogP contribution < -0.4 is 9.16 Å². The average molecular weight is 308 g/mol. The van der Waals surface area contributed by atoms with Crippen molar-refractivity contribution in [1.29, 1.82) is 0 Å². The lowest BCUT2D eigenvalue weighted by atomic mass is 10.1. The molecule has 0 atom stereocenters. The molecule has 0 radical (unpaired) electrons. The van der Waals surface area contributed by atoms with Gasteiger partial charge in [0.25, 0.3) is 11.4 Å². The summed E-state index contributed by atoms with van der Waals surface area (Å²) in [4.78, 5) is 12.8. The number of hydrogen-bond donors (Lipinski definition) is 0. The summed E-state index contributed by atoms with van der Waals surface area (Å²) in [5, 5.41) is 12.2. The Hall–Kier alpha value is -3.08. The summed E-state index contributed by atoms with van der Waals surface area (Å²) in [6.07, 6.45) is 1.31. The molecule has 0 fully saturated rings. The SMILES string of the molecule is COc1ccc(-c2c(C)n([O-])cc(-c3ccccc3)[n+]2=O)cc1. The van der Waals surface area contributed by atoms with Crippen LogP contribution in [-0.4, -0.2) is 11.8 Å². The number of hydrogen-bond acceptors (Lipinski definition) is 3. The van der Waals surface area contributed by atoms with Crippen LogP contribution in [0.4, 0.5) is 0 Å². The zero-order chi connectivity index (χ0) is 16.4. The summed E-state index contributed by atoms with van der Waals surface area (Å²) in [6.45, 7) is 1.63. The summed E-state index contributed by atoms with van der Waals surface area (Å²) in [5.41, 5.74) is 2.37. The fourth-order valence-corrected chi connectivity index (χ4v) is 2.51. The van der Waals surface area contributed by atoms with Crippen LogP contribution in [0.15, 0.2) is 60.8 Å². The fourth-order valence-electron chi connectivity index (χ4n) is 2.51. The number of rotatable bonds is 3. The van der Waals surface area contributed by atoms with Crippen LogP contribution in [0.25, 0.3) is 22.5 Å². The highest BCUT2D eigenvalue weighted by atomic mass is 16.5. The van der Waals surface area contributed by atoms with Gasteiger partial charge in [-0.15, -0.1) is 0 Å². The van der Waals surface area contributed by atoms with Crippen LogP contribution in [-0.2, 0) is 0 Å². The molecule has 0 saturated heterocycles. The molecule has 0 bridgehead atoms. The van der Waals surface area contributed by atoms with E-state index in [-0.39, 0.29) is 0 Å². The second kappa shape index (κ2) is 5.96. The van der Waals surface area contributed by atoms with Gasteiger partial charge in [0.2, 0.25) is 0 Å². The molecule has 2 aromatic carbocycles. The van der Waals surface area contributed by atoms with Crippen molar-refractivity contribution in [3.63, 3.8) is 0 Å². The smallest absolute Gasteiger partial charge is 0.289 e. The lowest BCUT2D eigenvalue weighted by Gasteiger charge is -2.14. The molecule has 3 aromatic rings. The van der Waals surface area contributed by atoms with Crippen molar-refractivity contribution in [2.75, 3.05) is 7.11 Å². The van der Waals surface area contributed by atoms with Gasteiger partial charge in [-0.1, -0.05) is 18.2 Å². The van der Waals surface area contributed by atoms with Gasteiger partial charge in [-0.2, -0.15) is 0 Å². The Morgan fingerprint density at radius 1 is 1.00 bits per heavy atom. The predicted molar refractivity (Wildman–Crippen MR) is 88.7 cm³/mol. The normalized spacial score (nSPS) is 10.5. The Morgan fingerprint density at radius 2 is 1.65 bits per heavy atom.